The molecule has 4 heterocycles. The second-order valence-corrected chi connectivity index (χ2v) is 9.44. The summed E-state index contributed by atoms with van der Waals surface area (Å²) in [4.78, 5) is 30.5. The first-order valence-electron chi connectivity index (χ1n) is 11.8. The van der Waals surface area contributed by atoms with E-state index in [1.807, 2.05) is 11.1 Å². The molecule has 0 aliphatic carbocycles. The number of anilines is 2. The quantitative estimate of drug-likeness (QED) is 0.570. The molecular weight excluding hydrogens is 456 g/mol. The molecule has 2 aromatic heterocycles. The first-order chi connectivity index (χ1) is 16.3. The Morgan fingerprint density at radius 2 is 2.12 bits per heavy atom. The first-order valence-corrected chi connectivity index (χ1v) is 12.2. The highest BCUT2D eigenvalue weighted by molar-refractivity contribution is 6.30. The number of nitrogens with zero attached hydrogens (tertiary/aromatic N) is 5. The summed E-state index contributed by atoms with van der Waals surface area (Å²) in [5, 5.41) is 9.52. The van der Waals surface area contributed by atoms with Crippen LogP contribution in [-0.4, -0.2) is 69.8 Å². The van der Waals surface area contributed by atoms with Crippen molar-refractivity contribution in [2.75, 3.05) is 43.5 Å². The third kappa shape index (κ3) is 4.96. The maximum atomic E-state index is 13.2. The van der Waals surface area contributed by atoms with Crippen molar-refractivity contribution < 1.29 is 14.6 Å². The van der Waals surface area contributed by atoms with Crippen LogP contribution in [0.5, 0.6) is 0 Å². The van der Waals surface area contributed by atoms with E-state index in [9.17, 15) is 9.90 Å². The van der Waals surface area contributed by atoms with Crippen molar-refractivity contribution in [2.24, 2.45) is 0 Å². The molecule has 0 radical (unpaired) electrons. The Kier molecular flexibility index (Phi) is 7.54. The Balaban J connectivity index is 1.57. The number of hydrogen-bond donors (Lipinski definition) is 2. The SMILES string of the molecule is CCc1c(C)cnc(CN2C[C@H](CC(=O)N3CCOC(CCO)C3)c3c(Cl)nc(N)nc32)c1C. The van der Waals surface area contributed by atoms with Gasteiger partial charge in [0.2, 0.25) is 11.9 Å². The molecule has 184 valence electrons. The standard InChI is InChI=1S/C24H33ClN6O3/c1-4-18-14(2)10-27-19(15(18)3)13-31-11-16(21-22(25)28-24(26)29-23(21)31)9-20(33)30-6-8-34-17(12-30)5-7-32/h10,16-17,32H,4-9,11-13H2,1-3H3,(H2,26,28,29)/t16-,17?/m0/s1. The molecule has 0 aromatic carbocycles. The van der Waals surface area contributed by atoms with Crippen molar-refractivity contribution in [3.05, 3.63) is 39.3 Å². The van der Waals surface area contributed by atoms with Crippen LogP contribution < -0.4 is 10.6 Å². The van der Waals surface area contributed by atoms with E-state index in [0.717, 1.165) is 17.7 Å². The molecule has 1 amide bonds. The van der Waals surface area contributed by atoms with Crippen LogP contribution in [0.2, 0.25) is 5.15 Å². The molecule has 0 spiro atoms. The molecule has 9 nitrogen and oxygen atoms in total. The second-order valence-electron chi connectivity index (χ2n) is 9.08. The molecule has 0 bridgehead atoms. The first kappa shape index (κ1) is 24.6. The molecule has 1 unspecified atom stereocenters. The van der Waals surface area contributed by atoms with E-state index in [0.29, 0.717) is 56.6 Å². The lowest BCUT2D eigenvalue weighted by molar-refractivity contribution is -0.139. The number of ether oxygens (including phenoxy) is 1. The monoisotopic (exact) mass is 488 g/mol. The number of halogens is 1. The third-order valence-electron chi connectivity index (χ3n) is 6.88. The van der Waals surface area contributed by atoms with E-state index in [2.05, 4.69) is 35.6 Å². The minimum Gasteiger partial charge on any atom is -0.396 e. The van der Waals surface area contributed by atoms with Crippen LogP contribution in [0.3, 0.4) is 0 Å². The molecule has 3 N–H and O–H groups in total. The largest absolute Gasteiger partial charge is 0.396 e. The molecule has 2 aromatic rings. The van der Waals surface area contributed by atoms with Gasteiger partial charge in [0.15, 0.2) is 0 Å². The number of fused-ring (bicyclic) bond motifs is 1. The number of nitrogen functional groups attached to an aromatic ring is 1. The predicted octanol–water partition coefficient (Wildman–Crippen LogP) is 2.39. The fraction of sp³-hybridized carbons (Fsp3) is 0.583. The van der Waals surface area contributed by atoms with Gasteiger partial charge >= 0.3 is 0 Å². The molecule has 1 fully saturated rings. The number of pyridine rings is 1. The van der Waals surface area contributed by atoms with E-state index in [1.54, 1.807) is 0 Å². The lowest BCUT2D eigenvalue weighted by atomic mass is 9.99. The molecule has 0 saturated carbocycles. The van der Waals surface area contributed by atoms with Crippen LogP contribution in [0.25, 0.3) is 0 Å². The zero-order chi connectivity index (χ0) is 24.4. The van der Waals surface area contributed by atoms with Crippen molar-refractivity contribution in [2.45, 2.75) is 58.6 Å². The number of aliphatic hydroxyl groups excluding tert-OH is 1. The Bertz CT molecular complexity index is 1060. The Morgan fingerprint density at radius 3 is 2.85 bits per heavy atom. The highest BCUT2D eigenvalue weighted by atomic mass is 35.5. The fourth-order valence-corrected chi connectivity index (χ4v) is 5.42. The number of carbonyl (C=O) groups excluding carboxylic acids is 1. The summed E-state index contributed by atoms with van der Waals surface area (Å²) in [6.45, 7) is 9.02. The highest BCUT2D eigenvalue weighted by Crippen LogP contribution is 2.42. The van der Waals surface area contributed by atoms with Gasteiger partial charge in [-0.25, -0.2) is 4.98 Å². The lowest BCUT2D eigenvalue weighted by Crippen LogP contribution is -2.46. The fourth-order valence-electron chi connectivity index (χ4n) is 5.10. The molecule has 2 aliphatic rings. The number of morpholine rings is 1. The van der Waals surface area contributed by atoms with E-state index in [1.165, 1.54) is 16.7 Å². The average molecular weight is 489 g/mol. The topological polar surface area (TPSA) is 118 Å². The molecule has 10 heteroatoms. The summed E-state index contributed by atoms with van der Waals surface area (Å²) >= 11 is 6.53. The van der Waals surface area contributed by atoms with Gasteiger partial charge in [-0.1, -0.05) is 18.5 Å². The van der Waals surface area contributed by atoms with Gasteiger partial charge in [-0.15, -0.1) is 0 Å². The van der Waals surface area contributed by atoms with E-state index < -0.39 is 0 Å². The maximum absolute atomic E-state index is 13.2. The minimum absolute atomic E-state index is 0.0369. The number of hydrogen-bond acceptors (Lipinski definition) is 8. The summed E-state index contributed by atoms with van der Waals surface area (Å²) < 4.78 is 5.66. The van der Waals surface area contributed by atoms with Crippen molar-refractivity contribution in [3.8, 4) is 0 Å². The second kappa shape index (κ2) is 10.4. The average Bonchev–Trinajstić information content (AvgIpc) is 3.13. The number of aliphatic hydroxyl groups is 1. The predicted molar refractivity (Wildman–Crippen MR) is 131 cm³/mol. The summed E-state index contributed by atoms with van der Waals surface area (Å²) in [6, 6.07) is 0. The Morgan fingerprint density at radius 1 is 1.32 bits per heavy atom. The van der Waals surface area contributed by atoms with Crippen LogP contribution in [0.15, 0.2) is 6.20 Å². The van der Waals surface area contributed by atoms with Gasteiger partial charge in [0.25, 0.3) is 0 Å². The molecule has 1 saturated heterocycles. The molecule has 2 atom stereocenters. The highest BCUT2D eigenvalue weighted by Gasteiger charge is 2.37. The van der Waals surface area contributed by atoms with Crippen molar-refractivity contribution in [1.82, 2.24) is 19.9 Å². The number of aryl methyl sites for hydroxylation is 1. The van der Waals surface area contributed by atoms with Crippen LogP contribution in [0.1, 0.15) is 53.6 Å². The van der Waals surface area contributed by atoms with Gasteiger partial charge in [-0.05, 0) is 43.4 Å². The number of nitrogens with two attached hydrogens (primary N) is 1. The number of aromatic nitrogens is 3. The van der Waals surface area contributed by atoms with Gasteiger partial charge in [-0.3, -0.25) is 9.78 Å². The van der Waals surface area contributed by atoms with Crippen molar-refractivity contribution in [3.63, 3.8) is 0 Å². The smallest absolute Gasteiger partial charge is 0.223 e. The molecule has 34 heavy (non-hydrogen) atoms. The summed E-state index contributed by atoms with van der Waals surface area (Å²) in [5.74, 6) is 0.680. The van der Waals surface area contributed by atoms with Crippen LogP contribution in [-0.2, 0) is 22.5 Å². The molecular formula is C24H33ClN6O3. The van der Waals surface area contributed by atoms with Gasteiger partial charge < -0.3 is 25.4 Å². The van der Waals surface area contributed by atoms with Crippen LogP contribution in [0, 0.1) is 13.8 Å². The van der Waals surface area contributed by atoms with Gasteiger partial charge in [0.05, 0.1) is 24.9 Å². The number of carbonyl (C=O) groups is 1. The van der Waals surface area contributed by atoms with Crippen LogP contribution in [0.4, 0.5) is 11.8 Å². The zero-order valence-electron chi connectivity index (χ0n) is 20.1. The third-order valence-corrected chi connectivity index (χ3v) is 7.17. The summed E-state index contributed by atoms with van der Waals surface area (Å²) in [5.41, 5.74) is 11.4. The molecule has 4 rings (SSSR count). The van der Waals surface area contributed by atoms with Gasteiger partial charge in [0, 0.05) is 50.3 Å². The van der Waals surface area contributed by atoms with E-state index in [-0.39, 0.29) is 30.5 Å². The minimum atomic E-state index is -0.147. The van der Waals surface area contributed by atoms with Gasteiger partial charge in [-0.2, -0.15) is 4.98 Å². The number of amides is 1. The summed E-state index contributed by atoms with van der Waals surface area (Å²) in [6.07, 6.45) is 3.54. The normalized spacial score (nSPS) is 20.0. The Labute approximate surface area is 205 Å². The van der Waals surface area contributed by atoms with Crippen molar-refractivity contribution >= 4 is 29.3 Å². The van der Waals surface area contributed by atoms with E-state index in [4.69, 9.17) is 27.1 Å². The van der Waals surface area contributed by atoms with Crippen LogP contribution >= 0.6 is 11.6 Å². The van der Waals surface area contributed by atoms with E-state index >= 15 is 0 Å². The maximum Gasteiger partial charge on any atom is 0.223 e. The number of rotatable bonds is 7. The Hall–Kier alpha value is -2.49. The zero-order valence-corrected chi connectivity index (χ0v) is 20.8. The lowest BCUT2D eigenvalue weighted by Gasteiger charge is -2.33. The van der Waals surface area contributed by atoms with Gasteiger partial charge in [0.1, 0.15) is 11.0 Å². The van der Waals surface area contributed by atoms with Crippen molar-refractivity contribution in [1.29, 1.82) is 0 Å². The molecule has 2 aliphatic heterocycles. The summed E-state index contributed by atoms with van der Waals surface area (Å²) in [7, 11) is 0.